The third-order valence-corrected chi connectivity index (χ3v) is 11.3. The van der Waals surface area contributed by atoms with Crippen LogP contribution in [-0.2, 0) is 19.1 Å². The summed E-state index contributed by atoms with van der Waals surface area (Å²) in [4.78, 5) is 66.5. The number of thiazole rings is 1. The van der Waals surface area contributed by atoms with E-state index in [1.165, 1.54) is 32.4 Å². The van der Waals surface area contributed by atoms with Crippen LogP contribution in [0.2, 0.25) is 0 Å². The van der Waals surface area contributed by atoms with Gasteiger partial charge in [0.05, 0.1) is 50.1 Å². The number of carbonyl (C=O) groups is 4. The Labute approximate surface area is 381 Å². The van der Waals surface area contributed by atoms with E-state index in [9.17, 15) is 19.2 Å². The summed E-state index contributed by atoms with van der Waals surface area (Å²) >= 11 is 3.47. The Hall–Kier alpha value is -5.68. The lowest BCUT2D eigenvalue weighted by molar-refractivity contribution is -0.131. The first-order chi connectivity index (χ1) is 30.6. The number of fused-ring (bicyclic) bond motifs is 1. The molecule has 15 nitrogen and oxygen atoms in total. The minimum absolute atomic E-state index is 0.0303. The van der Waals surface area contributed by atoms with Crippen molar-refractivity contribution in [1.82, 2.24) is 45.4 Å². The van der Waals surface area contributed by atoms with E-state index in [-0.39, 0.29) is 36.2 Å². The number of ether oxygens (including phenoxy) is 1. The topological polar surface area (TPSA) is 190 Å². The average molecular weight is 903 g/mol. The number of anilines is 1. The van der Waals surface area contributed by atoms with Gasteiger partial charge in [-0.3, -0.25) is 14.4 Å². The molecule has 3 aromatic heterocycles. The standard InChI is InChI=1S/C22H16N6S2.C8H14N2O3.C8H14N2O2.2C3H8.C2H6/c1-5-15(6-2-13(1)17-9-23-11-25-17)19-27-21-22(29-19)28-20(30-21)16-7-3-14(4-8-16)18-10-24-12-26-18;1-13-8(12)9-6-7(11)10-4-2-3-5-10;1-7(11)9-6-8(12)10-4-2-3-5-10;2*1-3-2;1-2/h1-12,19,27H,(H,23,25)(H,24,26);2-6H2,1H3,(H,9,12);2-6H2,1H3,(H,9,11);2*3H2,1-2H3;1-2H3. The van der Waals surface area contributed by atoms with Crippen LogP contribution >= 0.6 is 23.1 Å². The zero-order valence-corrected chi connectivity index (χ0v) is 39.7. The van der Waals surface area contributed by atoms with Gasteiger partial charge in [-0.1, -0.05) is 126 Å². The number of imidazole rings is 2. The molecule has 0 spiro atoms. The number of alkyl carbamates (subject to hydrolysis) is 1. The molecule has 2 saturated heterocycles. The lowest BCUT2D eigenvalue weighted by atomic mass is 10.1. The van der Waals surface area contributed by atoms with E-state index in [1.807, 2.05) is 26.2 Å². The zero-order valence-electron chi connectivity index (χ0n) is 38.1. The fourth-order valence-corrected chi connectivity index (χ4v) is 8.35. The maximum absolute atomic E-state index is 11.3. The van der Waals surface area contributed by atoms with Crippen molar-refractivity contribution >= 4 is 51.9 Å². The van der Waals surface area contributed by atoms with Gasteiger partial charge in [0, 0.05) is 38.7 Å². The largest absolute Gasteiger partial charge is 0.453 e. The predicted molar refractivity (Wildman–Crippen MR) is 255 cm³/mol. The molecule has 5 aromatic rings. The Morgan fingerprint density at radius 3 is 1.57 bits per heavy atom. The van der Waals surface area contributed by atoms with Gasteiger partial charge >= 0.3 is 6.09 Å². The molecule has 0 saturated carbocycles. The summed E-state index contributed by atoms with van der Waals surface area (Å²) in [7, 11) is 1.27. The highest BCUT2D eigenvalue weighted by Crippen LogP contribution is 2.50. The molecule has 17 heteroatoms. The number of hydrogen-bond acceptors (Lipinski definition) is 11. The summed E-state index contributed by atoms with van der Waals surface area (Å²) in [6.07, 6.45) is 13.3. The van der Waals surface area contributed by atoms with Crippen molar-refractivity contribution in [3.63, 3.8) is 0 Å². The second kappa shape index (κ2) is 28.8. The molecule has 0 radical (unpaired) electrons. The molecule has 3 aliphatic heterocycles. The van der Waals surface area contributed by atoms with Gasteiger partial charge in [0.2, 0.25) is 17.7 Å². The average Bonchev–Trinajstić information content (AvgIpc) is 4.16. The lowest BCUT2D eigenvalue weighted by Crippen LogP contribution is -2.38. The Bertz CT molecular complexity index is 2020. The minimum Gasteiger partial charge on any atom is -0.453 e. The number of thioether (sulfide) groups is 1. The normalized spacial score (nSPS) is 14.2. The Balaban J connectivity index is 0.000000266. The van der Waals surface area contributed by atoms with Crippen LogP contribution in [-0.4, -0.2) is 105 Å². The molecule has 1 unspecified atom stereocenters. The summed E-state index contributed by atoms with van der Waals surface area (Å²) < 4.78 is 4.34. The second-order valence-corrected chi connectivity index (χ2v) is 16.4. The molecule has 342 valence electrons. The smallest absolute Gasteiger partial charge is 0.407 e. The minimum atomic E-state index is -0.562. The molecule has 8 rings (SSSR count). The number of methoxy groups -OCH3 is 1. The zero-order chi connectivity index (χ0) is 46.0. The van der Waals surface area contributed by atoms with Gasteiger partial charge in [0.1, 0.15) is 27.0 Å². The number of benzene rings is 2. The highest BCUT2D eigenvalue weighted by Gasteiger charge is 2.27. The molecular formula is C46H66N10O5S2. The van der Waals surface area contributed by atoms with E-state index in [1.54, 1.807) is 45.6 Å². The van der Waals surface area contributed by atoms with Crippen LogP contribution in [0.25, 0.3) is 33.1 Å². The van der Waals surface area contributed by atoms with Crippen LogP contribution in [0.1, 0.15) is 97.9 Å². The Morgan fingerprint density at radius 1 is 0.714 bits per heavy atom. The first-order valence-corrected chi connectivity index (χ1v) is 23.5. The molecule has 6 heterocycles. The summed E-state index contributed by atoms with van der Waals surface area (Å²) in [5, 5.41) is 11.9. The molecular weight excluding hydrogens is 837 g/mol. The van der Waals surface area contributed by atoms with Gasteiger partial charge in [-0.05, 0) is 42.4 Å². The lowest BCUT2D eigenvalue weighted by Gasteiger charge is -2.14. The van der Waals surface area contributed by atoms with E-state index < -0.39 is 6.09 Å². The molecule has 0 aliphatic carbocycles. The molecule has 5 N–H and O–H groups in total. The Morgan fingerprint density at radius 2 is 1.16 bits per heavy atom. The van der Waals surface area contributed by atoms with Crippen molar-refractivity contribution in [2.24, 2.45) is 0 Å². The number of carbonyl (C=O) groups excluding carboxylic acids is 4. The van der Waals surface area contributed by atoms with E-state index in [0.29, 0.717) is 0 Å². The van der Waals surface area contributed by atoms with E-state index in [0.717, 1.165) is 95.0 Å². The van der Waals surface area contributed by atoms with Crippen molar-refractivity contribution in [3.8, 4) is 33.1 Å². The molecule has 2 fully saturated rings. The van der Waals surface area contributed by atoms with Gasteiger partial charge in [-0.15, -0.1) is 0 Å². The monoisotopic (exact) mass is 902 g/mol. The van der Waals surface area contributed by atoms with Crippen LogP contribution < -0.4 is 16.0 Å². The molecule has 2 aromatic carbocycles. The van der Waals surface area contributed by atoms with Crippen molar-refractivity contribution in [1.29, 1.82) is 0 Å². The van der Waals surface area contributed by atoms with Crippen molar-refractivity contribution < 1.29 is 23.9 Å². The van der Waals surface area contributed by atoms with Gasteiger partial charge in [-0.2, -0.15) is 0 Å². The number of H-pyrrole nitrogens is 2. The van der Waals surface area contributed by atoms with Crippen molar-refractivity contribution in [2.75, 3.05) is 51.7 Å². The van der Waals surface area contributed by atoms with E-state index >= 15 is 0 Å². The summed E-state index contributed by atoms with van der Waals surface area (Å²) in [5.41, 5.74) is 6.65. The third kappa shape index (κ3) is 17.2. The third-order valence-electron chi connectivity index (χ3n) is 9.03. The van der Waals surface area contributed by atoms with Gasteiger partial charge in [-0.25, -0.2) is 19.7 Å². The number of rotatable bonds is 8. The number of likely N-dealkylation sites (tertiary alicyclic amines) is 2. The van der Waals surface area contributed by atoms with Crippen LogP contribution in [0.5, 0.6) is 0 Å². The van der Waals surface area contributed by atoms with Crippen molar-refractivity contribution in [3.05, 3.63) is 79.1 Å². The highest BCUT2D eigenvalue weighted by atomic mass is 32.2. The number of aromatic amines is 2. The number of hydrogen-bond donors (Lipinski definition) is 5. The number of nitrogens with zero attached hydrogens (tertiary/aromatic N) is 5. The van der Waals surface area contributed by atoms with E-state index in [4.69, 9.17) is 4.98 Å². The first-order valence-electron chi connectivity index (χ1n) is 21.8. The quantitative estimate of drug-likeness (QED) is 0.100. The summed E-state index contributed by atoms with van der Waals surface area (Å²) in [5.74, 6) is -0.159. The number of amides is 4. The van der Waals surface area contributed by atoms with Gasteiger partial charge < -0.3 is 40.5 Å². The first kappa shape index (κ1) is 51.7. The maximum Gasteiger partial charge on any atom is 0.407 e. The van der Waals surface area contributed by atoms with Crippen LogP contribution in [0.15, 0.2) is 78.6 Å². The molecule has 63 heavy (non-hydrogen) atoms. The fraction of sp³-hybridized carbons (Fsp3) is 0.457. The SMILES string of the molecule is CC.CC(=O)NCC(=O)N1CCCC1.CCC.CCC.COC(=O)NCC(=O)N1CCCC1.c1ncc(-c2ccc(-c3nc4c(s3)NC(c3ccc(-c5cnc[nH]5)cc3)S4)cc2)[nH]1. The predicted octanol–water partition coefficient (Wildman–Crippen LogP) is 9.38. The van der Waals surface area contributed by atoms with Crippen LogP contribution in [0, 0.1) is 0 Å². The van der Waals surface area contributed by atoms with Crippen LogP contribution in [0.4, 0.5) is 9.80 Å². The van der Waals surface area contributed by atoms with Gasteiger partial charge in [0.25, 0.3) is 0 Å². The Kier molecular flexibility index (Phi) is 23.6. The molecule has 0 bridgehead atoms. The second-order valence-electron chi connectivity index (χ2n) is 14.3. The molecule has 1 atom stereocenters. The number of nitrogens with one attached hydrogen (secondary N) is 5. The maximum atomic E-state index is 11.3. The number of aromatic nitrogens is 5. The molecule has 4 amide bonds. The summed E-state index contributed by atoms with van der Waals surface area (Å²) in [6, 6.07) is 17.0. The van der Waals surface area contributed by atoms with E-state index in [2.05, 4.69) is 117 Å². The molecule has 3 aliphatic rings. The fourth-order valence-electron chi connectivity index (χ4n) is 6.05. The van der Waals surface area contributed by atoms with Crippen molar-refractivity contribution in [2.45, 2.75) is 97.4 Å². The van der Waals surface area contributed by atoms with Gasteiger partial charge in [0.15, 0.2) is 0 Å². The van der Waals surface area contributed by atoms with Crippen LogP contribution in [0.3, 0.4) is 0 Å². The highest BCUT2D eigenvalue weighted by molar-refractivity contribution is 8.00. The summed E-state index contributed by atoms with van der Waals surface area (Å²) in [6.45, 7) is 17.4.